The Bertz CT molecular complexity index is 630. The lowest BCUT2D eigenvalue weighted by Crippen LogP contribution is -2.37. The molecule has 2 saturated heterocycles. The molecule has 0 unspecified atom stereocenters. The van der Waals surface area contributed by atoms with Crippen molar-refractivity contribution >= 4 is 32.9 Å². The zero-order valence-electron chi connectivity index (χ0n) is 10.4. The van der Waals surface area contributed by atoms with Gasteiger partial charge in [-0.25, -0.2) is 8.42 Å². The Kier molecular flexibility index (Phi) is 2.90. The van der Waals surface area contributed by atoms with E-state index < -0.39 is 9.84 Å². The zero-order valence-corrected chi connectivity index (χ0v) is 12.0. The van der Waals surface area contributed by atoms with Crippen LogP contribution in [-0.4, -0.2) is 44.2 Å². The highest BCUT2D eigenvalue weighted by molar-refractivity contribution is 7.91. The van der Waals surface area contributed by atoms with Crippen molar-refractivity contribution in [3.05, 3.63) is 24.3 Å². The molecule has 0 amide bonds. The fraction of sp³-hybridized carbons (Fsp3) is 0.417. The van der Waals surface area contributed by atoms with Crippen LogP contribution in [0.5, 0.6) is 5.75 Å². The summed E-state index contributed by atoms with van der Waals surface area (Å²) in [5.41, 5.74) is 0.812. The lowest BCUT2D eigenvalue weighted by Gasteiger charge is -2.24. The summed E-state index contributed by atoms with van der Waals surface area (Å²) in [5, 5.41) is 3.66. The van der Waals surface area contributed by atoms with E-state index in [2.05, 4.69) is 5.32 Å². The maximum Gasteiger partial charge on any atom is 0.174 e. The lowest BCUT2D eigenvalue weighted by atomic mass is 10.1. The van der Waals surface area contributed by atoms with E-state index in [0.29, 0.717) is 10.9 Å². The van der Waals surface area contributed by atoms with E-state index in [-0.39, 0.29) is 23.6 Å². The molecule has 2 aliphatic rings. The van der Waals surface area contributed by atoms with Crippen LogP contribution in [0.25, 0.3) is 0 Å². The van der Waals surface area contributed by atoms with Crippen LogP contribution in [0, 0.1) is 0 Å². The summed E-state index contributed by atoms with van der Waals surface area (Å²) in [6.07, 6.45) is 0. The number of nitrogens with one attached hydrogen (secondary N) is 1. The number of benzene rings is 1. The molecule has 0 aromatic heterocycles. The lowest BCUT2D eigenvalue weighted by molar-refractivity contribution is 0.415. The van der Waals surface area contributed by atoms with Crippen LogP contribution in [0.1, 0.15) is 0 Å². The van der Waals surface area contributed by atoms with Crippen LogP contribution in [-0.2, 0) is 9.84 Å². The third-order valence-corrected chi connectivity index (χ3v) is 5.56. The Morgan fingerprint density at radius 1 is 1.37 bits per heavy atom. The number of thiocarbonyl (C=S) groups is 1. The Morgan fingerprint density at radius 3 is 2.84 bits per heavy atom. The smallest absolute Gasteiger partial charge is 0.174 e. The van der Waals surface area contributed by atoms with Gasteiger partial charge in [-0.15, -0.1) is 0 Å². The van der Waals surface area contributed by atoms with E-state index in [1.54, 1.807) is 7.11 Å². The molecule has 0 saturated carbocycles. The van der Waals surface area contributed by atoms with E-state index in [1.807, 2.05) is 29.2 Å². The summed E-state index contributed by atoms with van der Waals surface area (Å²) < 4.78 is 28.8. The Hall–Kier alpha value is -1.34. The standard InChI is InChI=1S/C12H14N2O3S2/c1-17-11-5-3-2-4-9(11)14-10-7-19(15,16)6-8(10)13-12(14)18/h2-5,8,10H,6-7H2,1H3,(H,13,18)/t8-,10+/m1/s1. The van der Waals surface area contributed by atoms with Gasteiger partial charge in [0.05, 0.1) is 36.4 Å². The van der Waals surface area contributed by atoms with Crippen LogP contribution in [0.15, 0.2) is 24.3 Å². The van der Waals surface area contributed by atoms with Gasteiger partial charge < -0.3 is 15.0 Å². The minimum absolute atomic E-state index is 0.123. The van der Waals surface area contributed by atoms with Crippen LogP contribution in [0.2, 0.25) is 0 Å². The molecule has 1 aromatic carbocycles. The van der Waals surface area contributed by atoms with Crippen molar-refractivity contribution in [2.24, 2.45) is 0 Å². The highest BCUT2D eigenvalue weighted by Gasteiger charge is 2.48. The molecule has 2 atom stereocenters. The molecule has 19 heavy (non-hydrogen) atoms. The van der Waals surface area contributed by atoms with Crippen LogP contribution in [0.3, 0.4) is 0 Å². The van der Waals surface area contributed by atoms with Crippen molar-refractivity contribution in [2.45, 2.75) is 12.1 Å². The second kappa shape index (κ2) is 4.35. The number of para-hydroxylation sites is 2. The van der Waals surface area contributed by atoms with E-state index in [0.717, 1.165) is 5.69 Å². The predicted octanol–water partition coefficient (Wildman–Crippen LogP) is 0.555. The van der Waals surface area contributed by atoms with E-state index >= 15 is 0 Å². The van der Waals surface area contributed by atoms with Crippen LogP contribution in [0.4, 0.5) is 5.69 Å². The largest absolute Gasteiger partial charge is 0.495 e. The second-order valence-corrected chi connectivity index (χ2v) is 7.28. The van der Waals surface area contributed by atoms with Gasteiger partial charge in [0.2, 0.25) is 0 Å². The van der Waals surface area contributed by atoms with Crippen molar-refractivity contribution < 1.29 is 13.2 Å². The molecular weight excluding hydrogens is 284 g/mol. The van der Waals surface area contributed by atoms with Gasteiger partial charge in [0, 0.05) is 0 Å². The Labute approximate surface area is 117 Å². The number of anilines is 1. The van der Waals surface area contributed by atoms with Gasteiger partial charge in [-0.3, -0.25) is 0 Å². The first-order chi connectivity index (χ1) is 9.02. The number of sulfone groups is 1. The molecule has 5 nitrogen and oxygen atoms in total. The molecule has 102 valence electrons. The normalized spacial score (nSPS) is 28.1. The summed E-state index contributed by atoms with van der Waals surface area (Å²) >= 11 is 5.32. The molecule has 2 fully saturated rings. The number of methoxy groups -OCH3 is 1. The molecule has 7 heteroatoms. The Balaban J connectivity index is 2.02. The van der Waals surface area contributed by atoms with Crippen LogP contribution < -0.4 is 15.0 Å². The molecule has 0 bridgehead atoms. The minimum atomic E-state index is -2.99. The van der Waals surface area contributed by atoms with Gasteiger partial charge in [0.15, 0.2) is 14.9 Å². The van der Waals surface area contributed by atoms with Crippen molar-refractivity contribution in [2.75, 3.05) is 23.5 Å². The molecule has 0 spiro atoms. The first-order valence-corrected chi connectivity index (χ1v) is 8.18. The average Bonchev–Trinajstić information content (AvgIpc) is 2.79. The van der Waals surface area contributed by atoms with Gasteiger partial charge in [0.25, 0.3) is 0 Å². The molecule has 2 aliphatic heterocycles. The van der Waals surface area contributed by atoms with Crippen molar-refractivity contribution in [3.63, 3.8) is 0 Å². The summed E-state index contributed by atoms with van der Waals surface area (Å²) in [7, 11) is -1.40. The molecule has 0 radical (unpaired) electrons. The molecule has 1 aromatic rings. The monoisotopic (exact) mass is 298 g/mol. The summed E-state index contributed by atoms with van der Waals surface area (Å²) in [6.45, 7) is 0. The molecule has 3 rings (SSSR count). The highest BCUT2D eigenvalue weighted by Crippen LogP contribution is 2.35. The first-order valence-electron chi connectivity index (χ1n) is 5.95. The summed E-state index contributed by atoms with van der Waals surface area (Å²) in [4.78, 5) is 1.86. The fourth-order valence-electron chi connectivity index (χ4n) is 2.72. The number of nitrogens with zero attached hydrogens (tertiary/aromatic N) is 1. The van der Waals surface area contributed by atoms with Crippen molar-refractivity contribution in [1.82, 2.24) is 5.32 Å². The van der Waals surface area contributed by atoms with Gasteiger partial charge in [-0.2, -0.15) is 0 Å². The number of hydrogen-bond donors (Lipinski definition) is 1. The molecule has 0 aliphatic carbocycles. The highest BCUT2D eigenvalue weighted by atomic mass is 32.2. The van der Waals surface area contributed by atoms with Crippen molar-refractivity contribution in [3.8, 4) is 5.75 Å². The zero-order chi connectivity index (χ0) is 13.6. The van der Waals surface area contributed by atoms with E-state index in [9.17, 15) is 8.42 Å². The van der Waals surface area contributed by atoms with Gasteiger partial charge in [0.1, 0.15) is 5.75 Å². The Morgan fingerprint density at radius 2 is 2.11 bits per heavy atom. The number of fused-ring (bicyclic) bond motifs is 1. The van der Waals surface area contributed by atoms with Gasteiger partial charge in [-0.05, 0) is 24.4 Å². The fourth-order valence-corrected chi connectivity index (χ4v) is 4.99. The minimum Gasteiger partial charge on any atom is -0.495 e. The third-order valence-electron chi connectivity index (χ3n) is 3.53. The average molecular weight is 298 g/mol. The van der Waals surface area contributed by atoms with E-state index in [1.165, 1.54) is 0 Å². The number of rotatable bonds is 2. The maximum atomic E-state index is 11.7. The molecule has 2 heterocycles. The van der Waals surface area contributed by atoms with Crippen LogP contribution >= 0.6 is 12.2 Å². The maximum absolute atomic E-state index is 11.7. The second-order valence-electron chi connectivity index (χ2n) is 4.74. The first kappa shape index (κ1) is 12.7. The number of hydrogen-bond acceptors (Lipinski definition) is 4. The summed E-state index contributed by atoms with van der Waals surface area (Å²) in [6, 6.07) is 7.22. The topological polar surface area (TPSA) is 58.6 Å². The van der Waals surface area contributed by atoms with E-state index in [4.69, 9.17) is 17.0 Å². The third kappa shape index (κ3) is 2.06. The number of ether oxygens (including phenoxy) is 1. The SMILES string of the molecule is COc1ccccc1N1C(=S)N[C@@H]2CS(=O)(=O)C[C@@H]21. The summed E-state index contributed by atoms with van der Waals surface area (Å²) in [5.74, 6) is 0.961. The quantitative estimate of drug-likeness (QED) is 0.805. The van der Waals surface area contributed by atoms with Gasteiger partial charge in [-0.1, -0.05) is 12.1 Å². The molecule has 1 N–H and O–H groups in total. The van der Waals surface area contributed by atoms with Crippen molar-refractivity contribution in [1.29, 1.82) is 0 Å². The molecular formula is C12H14N2O3S2. The van der Waals surface area contributed by atoms with Gasteiger partial charge >= 0.3 is 0 Å². The predicted molar refractivity (Wildman–Crippen MR) is 77.4 cm³/mol.